The van der Waals surface area contributed by atoms with E-state index in [1.807, 2.05) is 0 Å². The summed E-state index contributed by atoms with van der Waals surface area (Å²) in [6.45, 7) is 14.8. The first kappa shape index (κ1) is 28.4. The van der Waals surface area contributed by atoms with Gasteiger partial charge in [-0.05, 0) is 62.3 Å². The molecule has 0 aromatic carbocycles. The molecular weight excluding hydrogens is 488 g/mol. The molecule has 1 aliphatic rings. The molecule has 0 radical (unpaired) electrons. The van der Waals surface area contributed by atoms with E-state index in [0.717, 1.165) is 7.11 Å². The zero-order chi connectivity index (χ0) is 25.2. The number of hydrogen-bond donors (Lipinski definition) is 0. The summed E-state index contributed by atoms with van der Waals surface area (Å²) < 4.78 is 27.4. The summed E-state index contributed by atoms with van der Waals surface area (Å²) >= 11 is 3.26. The smallest absolute Gasteiger partial charge is 0.339 e. The van der Waals surface area contributed by atoms with Gasteiger partial charge < -0.3 is 23.7 Å². The van der Waals surface area contributed by atoms with E-state index in [-0.39, 0.29) is 0 Å². The minimum Gasteiger partial charge on any atom is -0.467 e. The van der Waals surface area contributed by atoms with E-state index in [4.69, 9.17) is 23.7 Å². The van der Waals surface area contributed by atoms with Crippen LogP contribution in [0.2, 0.25) is 0 Å². The van der Waals surface area contributed by atoms with Crippen LogP contribution in [-0.2, 0) is 42.9 Å². The number of hydrogen-bond acceptors (Lipinski definition) is 9. The lowest BCUT2D eigenvalue weighted by Gasteiger charge is -2.43. The van der Waals surface area contributed by atoms with Crippen molar-refractivity contribution in [2.45, 2.75) is 91.7 Å². The molecular formula is C22H35BrO9. The molecule has 0 aliphatic carbocycles. The molecule has 1 rings (SSSR count). The lowest BCUT2D eigenvalue weighted by atomic mass is 9.93. The van der Waals surface area contributed by atoms with Crippen LogP contribution < -0.4 is 0 Å². The fourth-order valence-electron chi connectivity index (χ4n) is 2.39. The standard InChI is InChI=1S/C22H35BrO9/c1-20(2,3)17(25)30-11-12(31-18(26)21(4,5)6)14(16(24)28-10)29-15(23)13(11)32-19(27)22(7,8)9/h11-15H,1-10H3/t11-,12+,13+,14+,15?/m1/s1. The van der Waals surface area contributed by atoms with Gasteiger partial charge in [-0.2, -0.15) is 0 Å². The van der Waals surface area contributed by atoms with Gasteiger partial charge in [0.15, 0.2) is 29.4 Å². The summed E-state index contributed by atoms with van der Waals surface area (Å²) in [5.74, 6) is -2.73. The third-order valence-electron chi connectivity index (χ3n) is 4.48. The second-order valence-electron chi connectivity index (χ2n) is 10.8. The molecule has 1 heterocycles. The van der Waals surface area contributed by atoms with Crippen LogP contribution in [0.15, 0.2) is 0 Å². The zero-order valence-corrected chi connectivity index (χ0v) is 22.0. The normalized spacial score (nSPS) is 26.7. The first-order valence-electron chi connectivity index (χ1n) is 10.3. The van der Waals surface area contributed by atoms with Crippen molar-refractivity contribution >= 4 is 39.8 Å². The quantitative estimate of drug-likeness (QED) is 0.311. The molecule has 0 spiro atoms. The van der Waals surface area contributed by atoms with E-state index >= 15 is 0 Å². The Balaban J connectivity index is 3.51. The van der Waals surface area contributed by atoms with Crippen LogP contribution in [0.1, 0.15) is 62.3 Å². The molecule has 0 saturated carbocycles. The molecule has 1 fully saturated rings. The maximum absolute atomic E-state index is 12.8. The highest BCUT2D eigenvalue weighted by atomic mass is 79.9. The van der Waals surface area contributed by atoms with Gasteiger partial charge in [0, 0.05) is 0 Å². The van der Waals surface area contributed by atoms with Gasteiger partial charge in [-0.25, -0.2) is 4.79 Å². The molecule has 1 aliphatic heterocycles. The lowest BCUT2D eigenvalue weighted by Crippen LogP contribution is -2.63. The molecule has 0 aromatic rings. The molecule has 10 heteroatoms. The van der Waals surface area contributed by atoms with Gasteiger partial charge >= 0.3 is 23.9 Å². The second-order valence-corrected chi connectivity index (χ2v) is 11.7. The fraction of sp³-hybridized carbons (Fsp3) is 0.818. The molecule has 5 atom stereocenters. The van der Waals surface area contributed by atoms with Gasteiger partial charge in [-0.3, -0.25) is 14.4 Å². The largest absolute Gasteiger partial charge is 0.467 e. The third kappa shape index (κ3) is 7.16. The maximum Gasteiger partial charge on any atom is 0.339 e. The van der Waals surface area contributed by atoms with Crippen molar-refractivity contribution in [1.29, 1.82) is 0 Å². The zero-order valence-electron chi connectivity index (χ0n) is 20.4. The van der Waals surface area contributed by atoms with E-state index in [1.54, 1.807) is 62.3 Å². The highest BCUT2D eigenvalue weighted by molar-refractivity contribution is 9.09. The van der Waals surface area contributed by atoms with Gasteiger partial charge in [0.2, 0.25) is 0 Å². The van der Waals surface area contributed by atoms with Crippen molar-refractivity contribution in [1.82, 2.24) is 0 Å². The number of carbonyl (C=O) groups is 4. The first-order valence-corrected chi connectivity index (χ1v) is 11.2. The average molecular weight is 523 g/mol. The molecule has 32 heavy (non-hydrogen) atoms. The Labute approximate surface area is 197 Å². The third-order valence-corrected chi connectivity index (χ3v) is 5.22. The Bertz CT molecular complexity index is 727. The van der Waals surface area contributed by atoms with Gasteiger partial charge in [0.1, 0.15) is 0 Å². The van der Waals surface area contributed by atoms with Crippen LogP contribution in [0, 0.1) is 16.2 Å². The van der Waals surface area contributed by atoms with Crippen LogP contribution in [0.3, 0.4) is 0 Å². The molecule has 1 unspecified atom stereocenters. The maximum atomic E-state index is 12.8. The number of rotatable bonds is 4. The van der Waals surface area contributed by atoms with Crippen molar-refractivity contribution in [3.8, 4) is 0 Å². The van der Waals surface area contributed by atoms with Crippen molar-refractivity contribution in [3.05, 3.63) is 0 Å². The number of halogens is 1. The Hall–Kier alpha value is -1.68. The molecule has 0 N–H and O–H groups in total. The summed E-state index contributed by atoms with van der Waals surface area (Å²) in [5.41, 5.74) is -2.72. The predicted molar refractivity (Wildman–Crippen MR) is 118 cm³/mol. The SMILES string of the molecule is COC(=O)[C@H]1OC(Br)[C@@H](OC(=O)C(C)(C)C)[C@H](OC(=O)C(C)(C)C)[C@@H]1OC(=O)C(C)(C)C. The summed E-state index contributed by atoms with van der Waals surface area (Å²) in [6, 6.07) is 0. The van der Waals surface area contributed by atoms with E-state index in [1.165, 1.54) is 0 Å². The molecule has 0 aromatic heterocycles. The topological polar surface area (TPSA) is 114 Å². The Morgan fingerprint density at radius 2 is 1.00 bits per heavy atom. The summed E-state index contributed by atoms with van der Waals surface area (Å²) in [4.78, 5) is 50.6. The number of carbonyl (C=O) groups excluding carboxylic acids is 4. The minimum atomic E-state index is -1.42. The van der Waals surface area contributed by atoms with Gasteiger partial charge in [0.25, 0.3) is 0 Å². The molecule has 0 amide bonds. The Kier molecular flexibility index (Phi) is 8.92. The van der Waals surface area contributed by atoms with Crippen molar-refractivity contribution in [2.75, 3.05) is 7.11 Å². The van der Waals surface area contributed by atoms with E-state index in [0.29, 0.717) is 0 Å². The average Bonchev–Trinajstić information content (AvgIpc) is 2.62. The highest BCUT2D eigenvalue weighted by Gasteiger charge is 2.56. The van der Waals surface area contributed by atoms with Gasteiger partial charge in [-0.1, -0.05) is 15.9 Å². The Morgan fingerprint density at radius 1 is 0.656 bits per heavy atom. The predicted octanol–water partition coefficient (Wildman–Crippen LogP) is 3.15. The van der Waals surface area contributed by atoms with E-state index in [2.05, 4.69) is 15.9 Å². The first-order chi connectivity index (χ1) is 14.3. The minimum absolute atomic E-state index is 0.593. The summed E-state index contributed by atoms with van der Waals surface area (Å²) in [5, 5.41) is -1.04. The van der Waals surface area contributed by atoms with E-state index < -0.39 is 69.6 Å². The molecule has 9 nitrogen and oxygen atoms in total. The van der Waals surface area contributed by atoms with Crippen LogP contribution in [-0.4, -0.2) is 60.4 Å². The number of alkyl halides is 1. The number of ether oxygens (including phenoxy) is 5. The number of methoxy groups -OCH3 is 1. The van der Waals surface area contributed by atoms with Gasteiger partial charge in [-0.15, -0.1) is 0 Å². The second kappa shape index (κ2) is 10.1. The van der Waals surface area contributed by atoms with Crippen molar-refractivity contribution in [3.63, 3.8) is 0 Å². The molecule has 0 bridgehead atoms. The fourth-order valence-corrected chi connectivity index (χ4v) is 3.04. The van der Waals surface area contributed by atoms with Crippen LogP contribution in [0.25, 0.3) is 0 Å². The van der Waals surface area contributed by atoms with Crippen molar-refractivity contribution < 1.29 is 42.9 Å². The Morgan fingerprint density at radius 3 is 1.34 bits per heavy atom. The highest BCUT2D eigenvalue weighted by Crippen LogP contribution is 2.35. The van der Waals surface area contributed by atoms with Crippen LogP contribution in [0.5, 0.6) is 0 Å². The lowest BCUT2D eigenvalue weighted by molar-refractivity contribution is -0.242. The summed E-state index contributed by atoms with van der Waals surface area (Å²) in [6.07, 6.45) is -5.36. The molecule has 1 saturated heterocycles. The monoisotopic (exact) mass is 522 g/mol. The van der Waals surface area contributed by atoms with Crippen LogP contribution in [0.4, 0.5) is 0 Å². The van der Waals surface area contributed by atoms with Gasteiger partial charge in [0.05, 0.1) is 23.4 Å². The van der Waals surface area contributed by atoms with E-state index in [9.17, 15) is 19.2 Å². The van der Waals surface area contributed by atoms with Crippen LogP contribution >= 0.6 is 15.9 Å². The summed E-state index contributed by atoms with van der Waals surface area (Å²) in [7, 11) is 1.15. The molecule has 184 valence electrons. The van der Waals surface area contributed by atoms with Crippen molar-refractivity contribution in [2.24, 2.45) is 16.2 Å². The number of esters is 4.